The smallest absolute Gasteiger partial charge is 0.384 e. The van der Waals surface area contributed by atoms with Gasteiger partial charge in [0, 0.05) is 47.6 Å². The molecule has 4 fully saturated rings. The van der Waals surface area contributed by atoms with Gasteiger partial charge in [-0.2, -0.15) is 21.8 Å². The number of rotatable bonds is 32. The second-order valence-corrected chi connectivity index (χ2v) is 37.1. The van der Waals surface area contributed by atoms with Crippen molar-refractivity contribution in [1.29, 1.82) is 0 Å². The molecule has 0 atom stereocenters. The van der Waals surface area contributed by atoms with Crippen molar-refractivity contribution >= 4 is 54.2 Å². The summed E-state index contributed by atoms with van der Waals surface area (Å²) in [6, 6.07) is 72.1. The van der Waals surface area contributed by atoms with Crippen LogP contribution >= 0.6 is 34.2 Å². The Morgan fingerprint density at radius 3 is 0.811 bits per heavy atom. The van der Waals surface area contributed by atoms with Crippen LogP contribution in [0.5, 0.6) is 0 Å². The fourth-order valence-electron chi connectivity index (χ4n) is 15.5. The van der Waals surface area contributed by atoms with E-state index >= 15 is 0 Å². The first-order chi connectivity index (χ1) is 63.5. The molecule has 0 bridgehead atoms. The maximum atomic E-state index is 13.5. The number of benzene rings is 12. The summed E-state index contributed by atoms with van der Waals surface area (Å²) in [5.74, 6) is -2.90. The Morgan fingerprint density at radius 2 is 0.561 bits per heavy atom. The number of hydrogen-bond donors (Lipinski definition) is 1. The van der Waals surface area contributed by atoms with Crippen LogP contribution in [0.3, 0.4) is 0 Å². The van der Waals surface area contributed by atoms with E-state index in [0.717, 1.165) is 106 Å². The summed E-state index contributed by atoms with van der Waals surface area (Å²) in [6.45, 7) is 5.77. The maximum Gasteiger partial charge on any atom is 0.416 e. The van der Waals surface area contributed by atoms with Crippen molar-refractivity contribution in [3.05, 3.63) is 417 Å². The van der Waals surface area contributed by atoms with Gasteiger partial charge in [-0.1, -0.05) is 168 Å². The van der Waals surface area contributed by atoms with E-state index in [-0.39, 0.29) is 99.4 Å². The van der Waals surface area contributed by atoms with Gasteiger partial charge in [0.05, 0.1) is 41.8 Å². The molecule has 132 heavy (non-hydrogen) atoms. The summed E-state index contributed by atoms with van der Waals surface area (Å²) in [5, 5.41) is 9.93. The van der Waals surface area contributed by atoms with Crippen molar-refractivity contribution in [2.75, 3.05) is 76.0 Å². The quantitative estimate of drug-likeness (QED) is 0.0245. The zero-order valence-corrected chi connectivity index (χ0v) is 76.2. The molecule has 0 aromatic heterocycles. The van der Waals surface area contributed by atoms with Crippen LogP contribution in [0.25, 0.3) is 0 Å². The third-order valence-corrected chi connectivity index (χ3v) is 27.2. The summed E-state index contributed by atoms with van der Waals surface area (Å²) in [5.41, 5.74) is 6.57. The van der Waals surface area contributed by atoms with E-state index in [9.17, 15) is 79.0 Å². The Labute approximate surface area is 780 Å². The zero-order valence-electron chi connectivity index (χ0n) is 71.6. The van der Waals surface area contributed by atoms with Gasteiger partial charge in [0.15, 0.2) is 0 Å². The molecular formula is C102H99ClF13IN4O9S2. The van der Waals surface area contributed by atoms with Gasteiger partial charge in [0.2, 0.25) is 20.0 Å². The first-order valence-electron chi connectivity index (χ1n) is 43.1. The predicted octanol–water partition coefficient (Wildman–Crippen LogP) is 23.7. The topological polar surface area (TPSA) is 138 Å². The number of aliphatic hydroxyl groups is 1. The van der Waals surface area contributed by atoms with Gasteiger partial charge in [-0.15, -0.1) is 11.6 Å². The van der Waals surface area contributed by atoms with Crippen LogP contribution in [0.2, 0.25) is 0 Å². The second kappa shape index (κ2) is 49.0. The molecule has 12 aromatic carbocycles. The Morgan fingerprint density at radius 1 is 0.326 bits per heavy atom. The van der Waals surface area contributed by atoms with E-state index in [1.165, 1.54) is 156 Å². The van der Waals surface area contributed by atoms with Gasteiger partial charge in [-0.3, -0.25) is 0 Å². The highest BCUT2D eigenvalue weighted by atomic mass is 127. The van der Waals surface area contributed by atoms with Crippen molar-refractivity contribution in [3.8, 4) is 0 Å². The molecule has 13 nitrogen and oxygen atoms in total. The largest absolute Gasteiger partial charge is 0.416 e. The van der Waals surface area contributed by atoms with Crippen LogP contribution in [-0.4, -0.2) is 141 Å². The monoisotopic (exact) mass is 2000 g/mol. The SMILES string of the molecule is Fc1ccc(C(OCCCl)c2ccc(F)cc2)cc1.Fc1ccc(C(OCCI)c2ccc(F)cc2)cc1.O=S(=O)(c1cccc(C(F)(F)F)c1)N(C1CC1)C1CCN(CCOC(c2ccc(F)cc2)c2ccc(F)cc2)CC1.O=S(=O)(c1ccccc1)N(C1CC1)C1CCN(CCOC(c2ccc(F)cc2)c2ccc(F)cc2)CC1.OC(c1ccc(F)cc1)c1ccc(F)cc1. The second-order valence-electron chi connectivity index (χ2n) is 31.9. The van der Waals surface area contributed by atoms with E-state index < -0.39 is 50.1 Å². The molecule has 0 unspecified atom stereocenters. The molecule has 698 valence electrons. The third kappa shape index (κ3) is 29.6. The number of nitrogens with zero attached hydrogens (tertiary/aromatic N) is 4. The van der Waals surface area contributed by atoms with Gasteiger partial charge >= 0.3 is 6.18 Å². The number of halogens is 15. The van der Waals surface area contributed by atoms with Crippen molar-refractivity contribution in [2.24, 2.45) is 0 Å². The lowest BCUT2D eigenvalue weighted by atomic mass is 10.0. The average molecular weight is 2000 g/mol. The van der Waals surface area contributed by atoms with Crippen LogP contribution in [0.4, 0.5) is 57.1 Å². The highest BCUT2D eigenvalue weighted by Crippen LogP contribution is 2.41. The molecule has 1 N–H and O–H groups in total. The van der Waals surface area contributed by atoms with E-state index in [1.54, 1.807) is 126 Å². The molecule has 0 radical (unpaired) electrons. The summed E-state index contributed by atoms with van der Waals surface area (Å²) in [6.07, 6.45) is -1.21. The zero-order chi connectivity index (χ0) is 93.9. The first kappa shape index (κ1) is 101. The molecule has 2 saturated heterocycles. The average Bonchev–Trinajstić information content (AvgIpc) is 1.49. The molecular weight excluding hydrogens is 1900 g/mol. The predicted molar refractivity (Wildman–Crippen MR) is 490 cm³/mol. The minimum Gasteiger partial charge on any atom is -0.384 e. The minimum atomic E-state index is -4.63. The molecule has 16 rings (SSSR count). The first-order valence-corrected chi connectivity index (χ1v) is 48.0. The molecule has 4 aliphatic rings. The highest BCUT2D eigenvalue weighted by molar-refractivity contribution is 14.1. The number of likely N-dealkylation sites (tertiary alicyclic amines) is 2. The van der Waals surface area contributed by atoms with Crippen molar-refractivity contribution < 1.29 is 98.0 Å². The Kier molecular flexibility index (Phi) is 37.6. The summed E-state index contributed by atoms with van der Waals surface area (Å²) in [4.78, 5) is 4.49. The number of alkyl halides is 5. The van der Waals surface area contributed by atoms with Gasteiger partial charge in [-0.05, 0) is 285 Å². The normalized spacial score (nSPS) is 14.8. The summed E-state index contributed by atoms with van der Waals surface area (Å²) < 4.78 is 253. The lowest BCUT2D eigenvalue weighted by Gasteiger charge is -2.38. The fourth-order valence-corrected chi connectivity index (χ4v) is 19.8. The van der Waals surface area contributed by atoms with Crippen molar-refractivity contribution in [2.45, 2.75) is 122 Å². The standard InChI is InChI=1S/C30H31F5N2O3S.C29H32F2N2O3S.C15H13ClF2O.C15H13F2IO.C13H10F2O/c31-24-8-4-21(5-9-24)29(22-6-10-25(32)11-7-22)40-19-18-36-16-14-27(15-17-36)37(26-12-13-26)41(38,39)28-3-1-2-23(20-28)30(33,34)35;30-24-10-6-22(7-11-24)29(23-8-12-25(31)13-9-23)36-21-20-32-18-16-27(17-19-32)33(26-14-15-26)37(34,35)28-4-2-1-3-5-28;16-9-10-19-15(11-1-5-13(17)6-2-11)12-3-7-14(18)8-4-12;16-13-5-1-11(2-6-13)15(19-10-9-18)12-3-7-14(17)8-4-12;14-11-5-1-9(2-6-11)13(16)10-3-7-12(15)8-4-10/h1-11,20,26-27,29H,12-19H2;1-13,26-27,29H,14-21H2;2*1-8,15H,9-10H2;1-8,13,16H. The van der Waals surface area contributed by atoms with E-state index in [2.05, 4.69) is 32.4 Å². The van der Waals surface area contributed by atoms with Crippen LogP contribution in [0.1, 0.15) is 143 Å². The molecule has 2 aliphatic carbocycles. The van der Waals surface area contributed by atoms with E-state index in [1.807, 2.05) is 6.07 Å². The van der Waals surface area contributed by atoms with Gasteiger partial charge in [0.1, 0.15) is 88.7 Å². The Hall–Kier alpha value is -9.71. The van der Waals surface area contributed by atoms with Gasteiger partial charge in [-0.25, -0.2) is 60.7 Å². The minimum absolute atomic E-state index is 0.000975. The molecule has 30 heteroatoms. The van der Waals surface area contributed by atoms with E-state index in [4.69, 9.17) is 30.5 Å². The Bertz CT molecular complexity index is 5430. The molecule has 0 spiro atoms. The van der Waals surface area contributed by atoms with Crippen LogP contribution < -0.4 is 0 Å². The number of sulfonamides is 2. The number of ether oxygens (including phenoxy) is 4. The van der Waals surface area contributed by atoms with Gasteiger partial charge < -0.3 is 33.9 Å². The van der Waals surface area contributed by atoms with Crippen LogP contribution in [0.15, 0.2) is 307 Å². The van der Waals surface area contributed by atoms with Gasteiger partial charge in [0.25, 0.3) is 0 Å². The van der Waals surface area contributed by atoms with Crippen LogP contribution in [0, 0.1) is 58.2 Å². The molecule has 12 aromatic rings. The van der Waals surface area contributed by atoms with Crippen molar-refractivity contribution in [3.63, 3.8) is 0 Å². The molecule has 0 amide bonds. The number of aliphatic hydroxyl groups excluding tert-OH is 1. The molecule has 2 aliphatic heterocycles. The molecule has 2 saturated carbocycles. The third-order valence-electron chi connectivity index (χ3n) is 22.6. The number of piperidine rings is 2. The summed E-state index contributed by atoms with van der Waals surface area (Å²) in [7, 11) is -7.61. The maximum absolute atomic E-state index is 13.5. The number of hydrogen-bond acceptors (Lipinski definition) is 11. The lowest BCUT2D eigenvalue weighted by Crippen LogP contribution is -2.48. The van der Waals surface area contributed by atoms with Crippen molar-refractivity contribution in [1.82, 2.24) is 18.4 Å². The van der Waals surface area contributed by atoms with Crippen LogP contribution in [-0.2, 0) is 45.2 Å². The van der Waals surface area contributed by atoms with E-state index in [0.29, 0.717) is 100 Å². The summed E-state index contributed by atoms with van der Waals surface area (Å²) >= 11 is 7.85. The fraction of sp³-hybridized carbons (Fsp3) is 0.294. The highest BCUT2D eigenvalue weighted by Gasteiger charge is 2.46. The Balaban J connectivity index is 0.000000157. The molecule has 2 heterocycles. The lowest BCUT2D eigenvalue weighted by molar-refractivity contribution is -0.137.